The number of rotatable bonds is 4. The number of carbonyl (C=O) groups excluding carboxylic acids is 1. The fraction of sp³-hybridized carbons (Fsp3) is 0.227. The monoisotopic (exact) mass is 447 g/mol. The number of amides is 1. The van der Waals surface area contributed by atoms with Crippen molar-refractivity contribution in [2.45, 2.75) is 0 Å². The molecule has 0 radical (unpaired) electrons. The number of hydrogen-bond donors (Lipinski definition) is 2. The van der Waals surface area contributed by atoms with Gasteiger partial charge in [0.2, 0.25) is 0 Å². The topological polar surface area (TPSA) is 93.6 Å². The first-order chi connectivity index (χ1) is 15.5. The highest BCUT2D eigenvalue weighted by Crippen LogP contribution is 2.27. The predicted molar refractivity (Wildman–Crippen MR) is 109 cm³/mol. The van der Waals surface area contributed by atoms with Gasteiger partial charge in [0.05, 0.1) is 37.3 Å². The Morgan fingerprint density at radius 3 is 2.34 bits per heavy atom. The maximum Gasteiger partial charge on any atom is 0.274 e. The van der Waals surface area contributed by atoms with E-state index in [2.05, 4.69) is 15.3 Å². The lowest BCUT2D eigenvalue weighted by Crippen LogP contribution is -2.26. The molecule has 1 aliphatic rings. The number of pyridine rings is 2. The highest BCUT2D eigenvalue weighted by atomic mass is 19.1. The second kappa shape index (κ2) is 11.3. The zero-order valence-corrected chi connectivity index (χ0v) is 16.8. The Labute approximate surface area is 181 Å². The van der Waals surface area contributed by atoms with Crippen LogP contribution in [-0.2, 0) is 9.47 Å². The minimum absolute atomic E-state index is 0.167. The molecule has 0 unspecified atom stereocenters. The molecule has 1 aromatic carbocycles. The van der Waals surface area contributed by atoms with Gasteiger partial charge in [-0.1, -0.05) is 6.07 Å². The number of aromatic nitrogens is 2. The van der Waals surface area contributed by atoms with E-state index in [0.717, 1.165) is 30.3 Å². The molecule has 0 bridgehead atoms. The summed E-state index contributed by atoms with van der Waals surface area (Å²) in [6.07, 6.45) is 2.95. The van der Waals surface area contributed by atoms with Crippen molar-refractivity contribution in [3.8, 4) is 11.3 Å². The van der Waals surface area contributed by atoms with Crippen molar-refractivity contribution in [1.29, 1.82) is 0 Å². The number of ether oxygens (including phenoxy) is 2. The van der Waals surface area contributed by atoms with E-state index in [1.807, 2.05) is 0 Å². The highest BCUT2D eigenvalue weighted by Gasteiger charge is 2.19. The number of nitrogens with one attached hydrogen (secondary N) is 1. The first-order valence-electron chi connectivity index (χ1n) is 9.58. The number of nitrogens with zero attached hydrogens (tertiary/aromatic N) is 2. The Morgan fingerprint density at radius 2 is 1.75 bits per heavy atom. The zero-order chi connectivity index (χ0) is 22.9. The average molecular weight is 447 g/mol. The summed E-state index contributed by atoms with van der Waals surface area (Å²) in [5.41, 5.74) is -0.958. The first kappa shape index (κ1) is 23.3. The molecule has 0 atom stereocenters. The molecule has 7 nitrogen and oxygen atoms in total. The number of carbonyl (C=O) groups is 1. The van der Waals surface area contributed by atoms with Crippen LogP contribution in [0.2, 0.25) is 0 Å². The third-order valence-electron chi connectivity index (χ3n) is 4.33. The van der Waals surface area contributed by atoms with Gasteiger partial charge < -0.3 is 19.9 Å². The molecule has 4 rings (SSSR count). The normalized spacial score (nSPS) is 13.8. The Kier molecular flexibility index (Phi) is 8.26. The van der Waals surface area contributed by atoms with E-state index in [0.29, 0.717) is 25.7 Å². The van der Waals surface area contributed by atoms with E-state index in [4.69, 9.17) is 14.6 Å². The highest BCUT2D eigenvalue weighted by molar-refractivity contribution is 6.03. The third-order valence-corrected chi connectivity index (χ3v) is 4.33. The van der Waals surface area contributed by atoms with Gasteiger partial charge in [-0.05, 0) is 36.4 Å². The quantitative estimate of drug-likeness (QED) is 0.637. The van der Waals surface area contributed by atoms with Crippen LogP contribution in [0.15, 0.2) is 54.9 Å². The maximum atomic E-state index is 14.0. The molecule has 1 amide bonds. The van der Waals surface area contributed by atoms with Gasteiger partial charge in [-0.15, -0.1) is 0 Å². The number of benzene rings is 1. The van der Waals surface area contributed by atoms with Crippen molar-refractivity contribution in [2.75, 3.05) is 31.9 Å². The van der Waals surface area contributed by atoms with Gasteiger partial charge in [0.1, 0.15) is 35.6 Å². The fourth-order valence-corrected chi connectivity index (χ4v) is 2.74. The van der Waals surface area contributed by atoms with Crippen molar-refractivity contribution in [3.63, 3.8) is 0 Å². The zero-order valence-electron chi connectivity index (χ0n) is 16.8. The van der Waals surface area contributed by atoms with E-state index in [-0.39, 0.29) is 18.2 Å². The maximum absolute atomic E-state index is 14.0. The minimum atomic E-state index is -0.966. The Hall–Kier alpha value is -3.34. The van der Waals surface area contributed by atoms with Crippen LogP contribution in [0.4, 0.5) is 18.9 Å². The summed E-state index contributed by atoms with van der Waals surface area (Å²) in [5.74, 6) is -3.32. The van der Waals surface area contributed by atoms with Gasteiger partial charge in [-0.2, -0.15) is 0 Å². The largest absolute Gasteiger partial charge is 0.396 e. The number of aliphatic hydroxyl groups excluding tert-OH is 1. The van der Waals surface area contributed by atoms with Gasteiger partial charge in [-0.3, -0.25) is 9.78 Å². The van der Waals surface area contributed by atoms with E-state index in [1.54, 1.807) is 12.1 Å². The van der Waals surface area contributed by atoms with Gasteiger partial charge in [0.25, 0.3) is 5.91 Å². The molecule has 0 saturated carbocycles. The third kappa shape index (κ3) is 6.10. The molecule has 1 fully saturated rings. The summed E-state index contributed by atoms with van der Waals surface area (Å²) < 4.78 is 51.4. The van der Waals surface area contributed by atoms with Crippen molar-refractivity contribution in [3.05, 3.63) is 78.0 Å². The second-order valence-electron chi connectivity index (χ2n) is 6.73. The molecule has 2 aromatic heterocycles. The van der Waals surface area contributed by atoms with Gasteiger partial charge in [-0.25, -0.2) is 18.2 Å². The van der Waals surface area contributed by atoms with Crippen LogP contribution >= 0.6 is 0 Å². The Bertz CT molecular complexity index is 1030. The van der Waals surface area contributed by atoms with Crippen LogP contribution in [-0.4, -0.2) is 47.6 Å². The lowest BCUT2D eigenvalue weighted by Gasteiger charge is -2.19. The molecule has 32 heavy (non-hydrogen) atoms. The van der Waals surface area contributed by atoms with Crippen LogP contribution in [0.1, 0.15) is 10.5 Å². The lowest BCUT2D eigenvalue weighted by atomic mass is 10.1. The molecule has 3 heterocycles. The van der Waals surface area contributed by atoms with Crippen molar-refractivity contribution in [1.82, 2.24) is 9.97 Å². The molecular formula is C22H20F3N3O4. The summed E-state index contributed by atoms with van der Waals surface area (Å²) in [6.45, 7) is 1.82. The van der Waals surface area contributed by atoms with Crippen LogP contribution in [0, 0.1) is 23.4 Å². The minimum Gasteiger partial charge on any atom is -0.396 e. The van der Waals surface area contributed by atoms with Crippen molar-refractivity contribution < 1.29 is 32.5 Å². The standard InChI is InChI=1S/C17H10F3N3O.C5H10O3/c18-11-4-1-5-12(19)15(11)16-13(20)6-7-14(23-16)17(24)22-10-3-2-8-21-9-10;6-1-5-2-7-4-8-3-5/h1-9H,(H,22,24);5-6H,1-4H2. The molecule has 3 aromatic rings. The van der Waals surface area contributed by atoms with Crippen LogP contribution in [0.5, 0.6) is 0 Å². The van der Waals surface area contributed by atoms with E-state index < -0.39 is 34.6 Å². The average Bonchev–Trinajstić information content (AvgIpc) is 2.81. The summed E-state index contributed by atoms with van der Waals surface area (Å²) in [7, 11) is 0. The van der Waals surface area contributed by atoms with Crippen LogP contribution in [0.25, 0.3) is 11.3 Å². The molecule has 10 heteroatoms. The molecule has 0 aliphatic carbocycles. The summed E-state index contributed by atoms with van der Waals surface area (Å²) >= 11 is 0. The van der Waals surface area contributed by atoms with Crippen LogP contribution < -0.4 is 5.32 Å². The molecule has 168 valence electrons. The second-order valence-corrected chi connectivity index (χ2v) is 6.73. The summed E-state index contributed by atoms with van der Waals surface area (Å²) in [6, 6.07) is 8.42. The SMILES string of the molecule is O=C(Nc1cccnc1)c1ccc(F)c(-c2c(F)cccc2F)n1.OCC1COCOC1. The molecule has 1 saturated heterocycles. The van der Waals surface area contributed by atoms with Crippen molar-refractivity contribution in [2.24, 2.45) is 5.92 Å². The predicted octanol–water partition coefficient (Wildman–Crippen LogP) is 3.41. The molecule has 0 spiro atoms. The Balaban J connectivity index is 0.000000305. The number of hydrogen-bond acceptors (Lipinski definition) is 6. The molecular weight excluding hydrogens is 427 g/mol. The van der Waals surface area contributed by atoms with Crippen LogP contribution in [0.3, 0.4) is 0 Å². The lowest BCUT2D eigenvalue weighted by molar-refractivity contribution is -0.133. The number of anilines is 1. The molecule has 1 aliphatic heterocycles. The summed E-state index contributed by atoms with van der Waals surface area (Å²) in [4.78, 5) is 19.8. The van der Waals surface area contributed by atoms with E-state index >= 15 is 0 Å². The van der Waals surface area contributed by atoms with E-state index in [1.165, 1.54) is 12.4 Å². The van der Waals surface area contributed by atoms with E-state index in [9.17, 15) is 18.0 Å². The number of aliphatic hydroxyl groups is 1. The Morgan fingerprint density at radius 1 is 1.03 bits per heavy atom. The fourth-order valence-electron chi connectivity index (χ4n) is 2.74. The first-order valence-corrected chi connectivity index (χ1v) is 9.58. The number of halogens is 3. The molecule has 2 N–H and O–H groups in total. The van der Waals surface area contributed by atoms with Gasteiger partial charge >= 0.3 is 0 Å². The summed E-state index contributed by atoms with van der Waals surface area (Å²) in [5, 5.41) is 11.0. The van der Waals surface area contributed by atoms with Crippen molar-refractivity contribution >= 4 is 11.6 Å². The smallest absolute Gasteiger partial charge is 0.274 e. The van der Waals surface area contributed by atoms with Gasteiger partial charge in [0, 0.05) is 12.1 Å². The van der Waals surface area contributed by atoms with Gasteiger partial charge in [0.15, 0.2) is 0 Å².